The Labute approximate surface area is 227 Å². The number of nitrogens with zero attached hydrogens (tertiary/aromatic N) is 2. The van der Waals surface area contributed by atoms with E-state index in [1.54, 1.807) is 28.8 Å². The molecule has 3 fully saturated rings. The third-order valence-corrected chi connectivity index (χ3v) is 10.1. The number of carbonyl (C=O) groups is 3. The van der Waals surface area contributed by atoms with Gasteiger partial charge >= 0.3 is 5.97 Å². The van der Waals surface area contributed by atoms with Crippen LogP contribution < -0.4 is 0 Å². The Bertz CT molecular complexity index is 928. The molecule has 3 rings (SSSR count). The average Bonchev–Trinajstić information content (AvgIpc) is 3.34. The second-order valence-electron chi connectivity index (χ2n) is 12.9. The summed E-state index contributed by atoms with van der Waals surface area (Å²) in [6.45, 7) is 21.1. The highest BCUT2D eigenvalue weighted by Gasteiger charge is 2.77. The number of carbonyl (C=O) groups excluding carboxylic acids is 3. The van der Waals surface area contributed by atoms with Gasteiger partial charge in [-0.2, -0.15) is 0 Å². The zero-order valence-electron chi connectivity index (χ0n) is 23.5. The lowest BCUT2D eigenvalue weighted by Gasteiger charge is -2.46. The molecule has 5 atom stereocenters. The summed E-state index contributed by atoms with van der Waals surface area (Å²) in [7, 11) is 0. The fraction of sp³-hybridized carbons (Fsp3) is 0.759. The fourth-order valence-corrected chi connectivity index (χ4v) is 9.52. The number of rotatable bonds is 12. The Morgan fingerprint density at radius 3 is 2.46 bits per heavy atom. The molecule has 0 radical (unpaired) electrons. The van der Waals surface area contributed by atoms with E-state index >= 15 is 0 Å². The number of hydrogen-bond acceptors (Lipinski definition) is 6. The van der Waals surface area contributed by atoms with Crippen molar-refractivity contribution < 1.29 is 24.2 Å². The zero-order valence-corrected chi connectivity index (χ0v) is 24.4. The largest absolute Gasteiger partial charge is 0.465 e. The van der Waals surface area contributed by atoms with Crippen molar-refractivity contribution in [3.8, 4) is 0 Å². The number of amides is 2. The predicted molar refractivity (Wildman–Crippen MR) is 148 cm³/mol. The highest BCUT2D eigenvalue weighted by Crippen LogP contribution is 2.71. The van der Waals surface area contributed by atoms with Crippen molar-refractivity contribution in [2.75, 3.05) is 26.3 Å². The van der Waals surface area contributed by atoms with E-state index in [4.69, 9.17) is 4.74 Å². The minimum atomic E-state index is -0.700. The van der Waals surface area contributed by atoms with Crippen molar-refractivity contribution in [3.63, 3.8) is 0 Å². The smallest absolute Gasteiger partial charge is 0.311 e. The molecule has 0 saturated carbocycles. The van der Waals surface area contributed by atoms with Crippen LogP contribution in [0.5, 0.6) is 0 Å². The van der Waals surface area contributed by atoms with Crippen LogP contribution in [0, 0.1) is 17.3 Å². The molecule has 0 aliphatic carbocycles. The van der Waals surface area contributed by atoms with Crippen LogP contribution in [0.4, 0.5) is 0 Å². The van der Waals surface area contributed by atoms with E-state index < -0.39 is 32.9 Å². The first-order valence-corrected chi connectivity index (χ1v) is 14.3. The molecule has 3 heterocycles. The highest BCUT2D eigenvalue weighted by molar-refractivity contribution is 8.02. The van der Waals surface area contributed by atoms with E-state index in [1.807, 2.05) is 11.8 Å². The van der Waals surface area contributed by atoms with Crippen LogP contribution in [-0.4, -0.2) is 80.1 Å². The molecule has 2 unspecified atom stereocenters. The van der Waals surface area contributed by atoms with Gasteiger partial charge in [-0.3, -0.25) is 14.4 Å². The number of aliphatic hydroxyl groups excluding tert-OH is 1. The van der Waals surface area contributed by atoms with Gasteiger partial charge in [0.2, 0.25) is 11.8 Å². The number of likely N-dealkylation sites (tertiary alicyclic amines) is 1. The lowest BCUT2D eigenvalue weighted by molar-refractivity contribution is -0.155. The molecular formula is C29H46N2O5S. The molecule has 3 aliphatic heterocycles. The fourth-order valence-electron chi connectivity index (χ4n) is 7.18. The number of fused-ring (bicyclic) bond motifs is 1. The summed E-state index contributed by atoms with van der Waals surface area (Å²) < 4.78 is 4.44. The second kappa shape index (κ2) is 10.8. The summed E-state index contributed by atoms with van der Waals surface area (Å²) in [4.78, 5) is 45.5. The van der Waals surface area contributed by atoms with Crippen LogP contribution in [0.3, 0.4) is 0 Å². The molecule has 8 heteroatoms. The summed E-state index contributed by atoms with van der Waals surface area (Å²) in [6.07, 6.45) is 6.58. The van der Waals surface area contributed by atoms with Gasteiger partial charge in [0, 0.05) is 30.0 Å². The minimum Gasteiger partial charge on any atom is -0.465 e. The SMILES string of the molecule is C=CCCOC(=O)[C@@H]1[C@H]2C(=O)N(CCCO)C(C(=O)N(CC=C)C(C)(C)CC(C)(C)C)C23CC[C@@]1(C)S3. The first-order chi connectivity index (χ1) is 17.2. The topological polar surface area (TPSA) is 87.1 Å². The number of thioether (sulfide) groups is 1. The standard InChI is InChI=1S/C29H46N2O5S/c1-9-11-18-36-25(35)21-20-23(33)30(16-12-17-32)22(29(20)14-13-28(21,8)37-29)24(34)31(15-10-2)27(6,7)19-26(3,4)5/h9-10,20-22,32H,1-2,11-19H2,3-8H3/t20-,21-,22?,28+,29?/m0/s1. The maximum Gasteiger partial charge on any atom is 0.311 e. The second-order valence-corrected chi connectivity index (χ2v) is 14.8. The van der Waals surface area contributed by atoms with Crippen LogP contribution in [0.1, 0.15) is 73.6 Å². The van der Waals surface area contributed by atoms with Gasteiger partial charge in [0.1, 0.15) is 6.04 Å². The van der Waals surface area contributed by atoms with Crippen LogP contribution in [-0.2, 0) is 19.1 Å². The molecule has 7 nitrogen and oxygen atoms in total. The van der Waals surface area contributed by atoms with Crippen LogP contribution >= 0.6 is 11.8 Å². The quantitative estimate of drug-likeness (QED) is 0.229. The van der Waals surface area contributed by atoms with Crippen molar-refractivity contribution in [2.45, 2.75) is 94.7 Å². The molecular weight excluding hydrogens is 488 g/mol. The van der Waals surface area contributed by atoms with E-state index in [2.05, 4.69) is 47.8 Å². The highest BCUT2D eigenvalue weighted by atomic mass is 32.2. The Morgan fingerprint density at radius 2 is 1.89 bits per heavy atom. The summed E-state index contributed by atoms with van der Waals surface area (Å²) in [5.74, 6) is -1.84. The number of hydrogen-bond donors (Lipinski definition) is 1. The van der Waals surface area contributed by atoms with Crippen LogP contribution in [0.2, 0.25) is 0 Å². The average molecular weight is 535 g/mol. The Balaban J connectivity index is 2.06. The van der Waals surface area contributed by atoms with Gasteiger partial charge in [0.05, 0.1) is 23.2 Å². The Hall–Kier alpha value is -1.80. The summed E-state index contributed by atoms with van der Waals surface area (Å²) in [6, 6.07) is -0.700. The first kappa shape index (κ1) is 29.8. The molecule has 2 amide bonds. The van der Waals surface area contributed by atoms with Gasteiger partial charge in [0.15, 0.2) is 0 Å². The first-order valence-electron chi connectivity index (χ1n) is 13.5. The molecule has 3 aliphatic rings. The number of esters is 1. The Kier molecular flexibility index (Phi) is 8.65. The number of ether oxygens (including phenoxy) is 1. The van der Waals surface area contributed by atoms with E-state index in [-0.39, 0.29) is 43.0 Å². The third kappa shape index (κ3) is 5.38. The van der Waals surface area contributed by atoms with Gasteiger partial charge in [0.25, 0.3) is 0 Å². The van der Waals surface area contributed by atoms with Crippen LogP contribution in [0.25, 0.3) is 0 Å². The molecule has 1 spiro atoms. The van der Waals surface area contributed by atoms with Crippen molar-refractivity contribution in [1.29, 1.82) is 0 Å². The monoisotopic (exact) mass is 534 g/mol. The summed E-state index contributed by atoms with van der Waals surface area (Å²) in [5.41, 5.74) is -0.488. The third-order valence-electron chi connectivity index (χ3n) is 8.16. The molecule has 0 aromatic carbocycles. The van der Waals surface area contributed by atoms with Crippen molar-refractivity contribution >= 4 is 29.5 Å². The van der Waals surface area contributed by atoms with E-state index in [1.165, 1.54) is 0 Å². The summed E-state index contributed by atoms with van der Waals surface area (Å²) in [5, 5.41) is 9.59. The molecule has 3 saturated heterocycles. The van der Waals surface area contributed by atoms with Gasteiger partial charge in [-0.25, -0.2) is 0 Å². The maximum absolute atomic E-state index is 14.6. The van der Waals surface area contributed by atoms with Gasteiger partial charge in [-0.1, -0.05) is 32.9 Å². The molecule has 1 N–H and O–H groups in total. The molecule has 0 aromatic heterocycles. The van der Waals surface area contributed by atoms with Gasteiger partial charge < -0.3 is 19.6 Å². The lowest BCUT2D eigenvalue weighted by Crippen LogP contribution is -2.60. The van der Waals surface area contributed by atoms with E-state index in [0.717, 1.165) is 12.8 Å². The predicted octanol–water partition coefficient (Wildman–Crippen LogP) is 4.20. The van der Waals surface area contributed by atoms with Gasteiger partial charge in [-0.05, 0) is 58.3 Å². The maximum atomic E-state index is 14.6. The minimum absolute atomic E-state index is 0.0135. The van der Waals surface area contributed by atoms with Crippen LogP contribution in [0.15, 0.2) is 25.3 Å². The summed E-state index contributed by atoms with van der Waals surface area (Å²) >= 11 is 1.64. The zero-order chi connectivity index (χ0) is 27.8. The molecule has 2 bridgehead atoms. The molecule has 0 aromatic rings. The lowest BCUT2D eigenvalue weighted by atomic mass is 9.66. The number of aliphatic hydroxyl groups is 1. The molecule has 37 heavy (non-hydrogen) atoms. The van der Waals surface area contributed by atoms with E-state index in [9.17, 15) is 19.5 Å². The molecule has 208 valence electrons. The van der Waals surface area contributed by atoms with E-state index in [0.29, 0.717) is 25.8 Å². The normalized spacial score (nSPS) is 30.8. The van der Waals surface area contributed by atoms with Crippen molar-refractivity contribution in [2.24, 2.45) is 17.3 Å². The van der Waals surface area contributed by atoms with Gasteiger partial charge in [-0.15, -0.1) is 24.9 Å². The Morgan fingerprint density at radius 1 is 1.22 bits per heavy atom. The van der Waals surface area contributed by atoms with Crippen molar-refractivity contribution in [1.82, 2.24) is 9.80 Å². The van der Waals surface area contributed by atoms with Crippen molar-refractivity contribution in [3.05, 3.63) is 25.3 Å².